The molecule has 0 aliphatic rings. The Morgan fingerprint density at radius 1 is 0.667 bits per heavy atom. The summed E-state index contributed by atoms with van der Waals surface area (Å²) in [6, 6.07) is 9.49. The first kappa shape index (κ1) is 16.3. The van der Waals surface area contributed by atoms with Gasteiger partial charge in [0.15, 0.2) is 10.9 Å². The maximum atomic E-state index is 13.1. The number of thiophene rings is 1. The molecular weight excluding hydrogens is 384 g/mol. The van der Waals surface area contributed by atoms with Gasteiger partial charge < -0.3 is 0 Å². The van der Waals surface area contributed by atoms with Crippen molar-refractivity contribution in [3.8, 4) is 0 Å². The summed E-state index contributed by atoms with van der Waals surface area (Å²) >= 11 is 6.91. The Morgan fingerprint density at radius 2 is 1.19 bits per heavy atom. The Hall–Kier alpha value is -2.89. The first-order chi connectivity index (χ1) is 12.9. The second kappa shape index (κ2) is 5.31. The summed E-state index contributed by atoms with van der Waals surface area (Å²) in [6.45, 7) is 1.82. The number of aryl methyl sites for hydroxylation is 1. The van der Waals surface area contributed by atoms with Gasteiger partial charge in [0.25, 0.3) is 0 Å². The van der Waals surface area contributed by atoms with Crippen molar-refractivity contribution in [2.75, 3.05) is 0 Å². The molecule has 1 heterocycles. The van der Waals surface area contributed by atoms with Gasteiger partial charge in [0.1, 0.15) is 0 Å². The molecular formula is C21H9ClO4S. The van der Waals surface area contributed by atoms with Gasteiger partial charge in [-0.2, -0.15) is 0 Å². The van der Waals surface area contributed by atoms with Gasteiger partial charge in [-0.3, -0.25) is 19.2 Å². The molecule has 130 valence electrons. The molecule has 0 atom stereocenters. The molecule has 0 amide bonds. The van der Waals surface area contributed by atoms with Crippen molar-refractivity contribution in [1.82, 2.24) is 0 Å². The maximum absolute atomic E-state index is 13.1. The maximum Gasteiger partial charge on any atom is 0.204 e. The fourth-order valence-corrected chi connectivity index (χ4v) is 5.02. The zero-order chi connectivity index (χ0) is 19.0. The van der Waals surface area contributed by atoms with Crippen molar-refractivity contribution in [2.24, 2.45) is 0 Å². The molecule has 0 radical (unpaired) electrons. The Bertz CT molecular complexity index is 1550. The summed E-state index contributed by atoms with van der Waals surface area (Å²) in [5.74, 6) is 0. The van der Waals surface area contributed by atoms with E-state index in [0.717, 1.165) is 16.9 Å². The smallest absolute Gasteiger partial charge is 0.204 e. The van der Waals surface area contributed by atoms with Crippen molar-refractivity contribution >= 4 is 64.7 Å². The van der Waals surface area contributed by atoms with E-state index in [1.165, 1.54) is 12.1 Å². The van der Waals surface area contributed by atoms with E-state index in [1.807, 2.05) is 6.92 Å². The average Bonchev–Trinajstić information content (AvgIpc) is 3.05. The zero-order valence-corrected chi connectivity index (χ0v) is 15.5. The summed E-state index contributed by atoms with van der Waals surface area (Å²) < 4.78 is 0.299. The molecule has 0 aliphatic carbocycles. The third-order valence-electron chi connectivity index (χ3n) is 4.91. The van der Waals surface area contributed by atoms with Crippen molar-refractivity contribution < 1.29 is 0 Å². The second-order valence-electron chi connectivity index (χ2n) is 6.57. The molecule has 0 saturated carbocycles. The van der Waals surface area contributed by atoms with E-state index in [9.17, 15) is 19.2 Å². The minimum Gasteiger partial charge on any atom is -0.289 e. The lowest BCUT2D eigenvalue weighted by Gasteiger charge is -2.00. The van der Waals surface area contributed by atoms with Crippen LogP contribution in [0.25, 0.3) is 41.7 Å². The van der Waals surface area contributed by atoms with Crippen LogP contribution >= 0.6 is 22.9 Å². The highest BCUT2D eigenvalue weighted by atomic mass is 35.5. The molecule has 0 spiro atoms. The van der Waals surface area contributed by atoms with Crippen molar-refractivity contribution in [3.05, 3.63) is 87.9 Å². The molecule has 0 bridgehead atoms. The predicted octanol–water partition coefficient (Wildman–Crippen LogP) is 3.64. The Balaban J connectivity index is 2.21. The molecule has 0 aliphatic heterocycles. The van der Waals surface area contributed by atoms with Crippen LogP contribution in [-0.2, 0) is 0 Å². The minimum absolute atomic E-state index is 0.0280. The monoisotopic (exact) mass is 392 g/mol. The highest BCUT2D eigenvalue weighted by molar-refractivity contribution is 7.25. The number of fused-ring (bicyclic) bond motifs is 5. The molecule has 5 aromatic rings. The van der Waals surface area contributed by atoms with Crippen LogP contribution in [0.2, 0.25) is 5.02 Å². The van der Waals surface area contributed by atoms with Crippen molar-refractivity contribution in [1.29, 1.82) is 0 Å². The molecule has 0 saturated heterocycles. The lowest BCUT2D eigenvalue weighted by molar-refractivity contribution is 1.50. The van der Waals surface area contributed by atoms with E-state index in [-0.39, 0.29) is 47.2 Å². The summed E-state index contributed by atoms with van der Waals surface area (Å²) in [6.07, 6.45) is 0. The SMILES string of the molecule is Cc1ccc2c(=O)c3sc4c(=O)c5ccc(Cl)cc5c(=O)c4c3c(=O)c2c1. The van der Waals surface area contributed by atoms with Gasteiger partial charge in [-0.05, 0) is 37.3 Å². The largest absolute Gasteiger partial charge is 0.289 e. The molecule has 0 fully saturated rings. The molecule has 0 unspecified atom stereocenters. The van der Waals surface area contributed by atoms with Crippen LogP contribution in [0.1, 0.15) is 5.56 Å². The van der Waals surface area contributed by atoms with E-state index in [0.29, 0.717) is 10.4 Å². The van der Waals surface area contributed by atoms with E-state index in [4.69, 9.17) is 11.6 Å². The minimum atomic E-state index is -0.447. The van der Waals surface area contributed by atoms with Crippen LogP contribution in [-0.4, -0.2) is 0 Å². The summed E-state index contributed by atoms with van der Waals surface area (Å²) in [5.41, 5.74) is -0.704. The fourth-order valence-electron chi connectivity index (χ4n) is 3.64. The van der Waals surface area contributed by atoms with Crippen LogP contribution in [0.4, 0.5) is 0 Å². The second-order valence-corrected chi connectivity index (χ2v) is 8.02. The zero-order valence-electron chi connectivity index (χ0n) is 13.9. The average molecular weight is 393 g/mol. The lowest BCUT2D eigenvalue weighted by atomic mass is 10.0. The van der Waals surface area contributed by atoms with Gasteiger partial charge in [-0.1, -0.05) is 23.2 Å². The van der Waals surface area contributed by atoms with Gasteiger partial charge in [-0.25, -0.2) is 0 Å². The summed E-state index contributed by atoms with van der Waals surface area (Å²) in [4.78, 5) is 52.1. The quantitative estimate of drug-likeness (QED) is 0.403. The molecule has 4 nitrogen and oxygen atoms in total. The number of hydrogen-bond acceptors (Lipinski definition) is 5. The highest BCUT2D eigenvalue weighted by Gasteiger charge is 2.21. The molecule has 27 heavy (non-hydrogen) atoms. The van der Waals surface area contributed by atoms with Gasteiger partial charge in [0.2, 0.25) is 10.9 Å². The van der Waals surface area contributed by atoms with Gasteiger partial charge in [-0.15, -0.1) is 11.3 Å². The van der Waals surface area contributed by atoms with Crippen LogP contribution in [0.5, 0.6) is 0 Å². The number of hydrogen-bond donors (Lipinski definition) is 0. The fraction of sp³-hybridized carbons (Fsp3) is 0.0476. The van der Waals surface area contributed by atoms with E-state index >= 15 is 0 Å². The summed E-state index contributed by atoms with van der Waals surface area (Å²) in [5, 5.41) is 1.37. The molecule has 0 N–H and O–H groups in total. The standard InChI is InChI=1S/C21H9ClO4S/c1-8-2-4-10-12(6-8)16(23)14-15-17(24)13-7-9(22)3-5-11(13)19(26)21(15)27-20(14)18(10)25/h2-7H,1H3. The topological polar surface area (TPSA) is 68.3 Å². The first-order valence-electron chi connectivity index (χ1n) is 8.14. The third-order valence-corrected chi connectivity index (χ3v) is 6.33. The van der Waals surface area contributed by atoms with Crippen LogP contribution in [0.3, 0.4) is 0 Å². The van der Waals surface area contributed by atoms with Crippen LogP contribution in [0.15, 0.2) is 55.6 Å². The number of halogens is 1. The predicted molar refractivity (Wildman–Crippen MR) is 112 cm³/mol. The Kier molecular flexibility index (Phi) is 3.21. The molecule has 5 rings (SSSR count). The summed E-state index contributed by atoms with van der Waals surface area (Å²) in [7, 11) is 0. The van der Waals surface area contributed by atoms with E-state index in [2.05, 4.69) is 0 Å². The van der Waals surface area contributed by atoms with E-state index in [1.54, 1.807) is 24.3 Å². The van der Waals surface area contributed by atoms with Gasteiger partial charge in [0.05, 0.1) is 20.2 Å². The van der Waals surface area contributed by atoms with Gasteiger partial charge in [0, 0.05) is 26.6 Å². The Morgan fingerprint density at radius 3 is 1.78 bits per heavy atom. The lowest BCUT2D eigenvalue weighted by Crippen LogP contribution is -2.15. The molecule has 6 heteroatoms. The van der Waals surface area contributed by atoms with Crippen molar-refractivity contribution in [3.63, 3.8) is 0 Å². The first-order valence-corrected chi connectivity index (χ1v) is 9.33. The van der Waals surface area contributed by atoms with E-state index < -0.39 is 10.9 Å². The highest BCUT2D eigenvalue weighted by Crippen LogP contribution is 2.29. The normalized spacial score (nSPS) is 11.9. The molecule has 1 aromatic heterocycles. The third kappa shape index (κ3) is 2.04. The van der Waals surface area contributed by atoms with Crippen LogP contribution < -0.4 is 21.7 Å². The Labute approximate surface area is 159 Å². The van der Waals surface area contributed by atoms with Gasteiger partial charge >= 0.3 is 0 Å². The van der Waals surface area contributed by atoms with Crippen molar-refractivity contribution in [2.45, 2.75) is 6.92 Å². The number of benzene rings is 4. The number of rotatable bonds is 0. The molecule has 4 aromatic carbocycles. The van der Waals surface area contributed by atoms with Crippen LogP contribution in [0, 0.1) is 6.92 Å².